The second kappa shape index (κ2) is 5.93. The maximum absolute atomic E-state index is 12.6. The van der Waals surface area contributed by atoms with Gasteiger partial charge < -0.3 is 4.90 Å². The van der Waals surface area contributed by atoms with Gasteiger partial charge in [0.15, 0.2) is 5.82 Å². The maximum atomic E-state index is 12.6. The van der Waals surface area contributed by atoms with Crippen LogP contribution in [-0.4, -0.2) is 37.6 Å². The number of carbonyl (C=O) groups excluding carboxylic acids is 1. The molecule has 1 fully saturated rings. The fraction of sp³-hybridized carbons (Fsp3) is 0.571. The number of likely N-dealkylation sites (tertiary alicyclic amines) is 1. The van der Waals surface area contributed by atoms with Gasteiger partial charge in [0.05, 0.1) is 6.04 Å². The molecule has 3 heterocycles. The van der Waals surface area contributed by atoms with Gasteiger partial charge in [-0.05, 0) is 34.7 Å². The summed E-state index contributed by atoms with van der Waals surface area (Å²) in [7, 11) is 0. The van der Waals surface area contributed by atoms with Gasteiger partial charge in [-0.2, -0.15) is 0 Å². The van der Waals surface area contributed by atoms with Gasteiger partial charge >= 0.3 is 0 Å². The Hall–Kier alpha value is -1.76. The number of carbonyl (C=O) groups is 1. The van der Waals surface area contributed by atoms with E-state index in [2.05, 4.69) is 27.0 Å². The zero-order valence-electron chi connectivity index (χ0n) is 12.3. The number of thiophene rings is 1. The van der Waals surface area contributed by atoms with Crippen LogP contribution >= 0.6 is 11.3 Å². The van der Waals surface area contributed by atoms with E-state index >= 15 is 0 Å². The third-order valence-electron chi connectivity index (χ3n) is 3.81. The van der Waals surface area contributed by atoms with Crippen LogP contribution in [0, 0.1) is 0 Å². The Morgan fingerprint density at radius 1 is 1.52 bits per heavy atom. The predicted molar refractivity (Wildman–Crippen MR) is 79.9 cm³/mol. The first-order chi connectivity index (χ1) is 10.2. The standard InChI is InChI=1S/C14H19N5OS/c1-10(2)14-15-16-17-19(14)9-13(20)18-7-3-5-11(18)12-6-4-8-21-12/h4,6,8,10-11H,3,5,7,9H2,1-2H3/t11-/m0/s1. The van der Waals surface area contributed by atoms with Crippen molar-refractivity contribution >= 4 is 17.2 Å². The van der Waals surface area contributed by atoms with Gasteiger partial charge in [0.25, 0.3) is 0 Å². The molecule has 3 rings (SSSR count). The molecule has 0 radical (unpaired) electrons. The second-order valence-corrected chi connectivity index (χ2v) is 6.59. The van der Waals surface area contributed by atoms with Crippen LogP contribution in [0.4, 0.5) is 0 Å². The van der Waals surface area contributed by atoms with Gasteiger partial charge in [0.1, 0.15) is 6.54 Å². The van der Waals surface area contributed by atoms with Crippen molar-refractivity contribution < 1.29 is 4.79 Å². The van der Waals surface area contributed by atoms with Crippen LogP contribution < -0.4 is 0 Å². The summed E-state index contributed by atoms with van der Waals surface area (Å²) in [4.78, 5) is 15.8. The third kappa shape index (κ3) is 2.83. The fourth-order valence-corrected chi connectivity index (χ4v) is 3.67. The molecule has 0 bridgehead atoms. The molecular formula is C14H19N5OS. The Bertz CT molecular complexity index is 607. The zero-order chi connectivity index (χ0) is 14.8. The smallest absolute Gasteiger partial charge is 0.244 e. The van der Waals surface area contributed by atoms with Gasteiger partial charge in [0, 0.05) is 17.3 Å². The molecule has 2 aromatic heterocycles. The summed E-state index contributed by atoms with van der Waals surface area (Å²) in [6.07, 6.45) is 2.10. The normalized spacial score (nSPS) is 18.6. The van der Waals surface area contributed by atoms with Crippen molar-refractivity contribution in [3.63, 3.8) is 0 Å². The molecule has 1 atom stereocenters. The van der Waals surface area contributed by atoms with E-state index in [1.807, 2.05) is 24.8 Å². The molecule has 6 nitrogen and oxygen atoms in total. The first-order valence-corrected chi connectivity index (χ1v) is 8.13. The molecule has 0 N–H and O–H groups in total. The van der Waals surface area contributed by atoms with Crippen LogP contribution in [0.5, 0.6) is 0 Å². The van der Waals surface area contributed by atoms with Gasteiger partial charge in [-0.1, -0.05) is 19.9 Å². The van der Waals surface area contributed by atoms with Crippen molar-refractivity contribution in [2.75, 3.05) is 6.54 Å². The first kappa shape index (κ1) is 14.2. The summed E-state index contributed by atoms with van der Waals surface area (Å²) in [6, 6.07) is 4.37. The van der Waals surface area contributed by atoms with E-state index in [9.17, 15) is 4.79 Å². The zero-order valence-corrected chi connectivity index (χ0v) is 13.1. The molecule has 2 aromatic rings. The lowest BCUT2D eigenvalue weighted by molar-refractivity contribution is -0.133. The summed E-state index contributed by atoms with van der Waals surface area (Å²) in [5, 5.41) is 13.7. The predicted octanol–water partition coefficient (Wildman–Crippen LogP) is 2.22. The van der Waals surface area contributed by atoms with Crippen LogP contribution in [0.1, 0.15) is 49.4 Å². The monoisotopic (exact) mass is 305 g/mol. The molecular weight excluding hydrogens is 286 g/mol. The lowest BCUT2D eigenvalue weighted by Gasteiger charge is -2.24. The molecule has 7 heteroatoms. The number of hydrogen-bond acceptors (Lipinski definition) is 5. The largest absolute Gasteiger partial charge is 0.333 e. The SMILES string of the molecule is CC(C)c1nnnn1CC(=O)N1CCC[C@H]1c1cccs1. The first-order valence-electron chi connectivity index (χ1n) is 7.25. The van der Waals surface area contributed by atoms with Crippen LogP contribution in [0.2, 0.25) is 0 Å². The Kier molecular flexibility index (Phi) is 4.01. The van der Waals surface area contributed by atoms with Crippen molar-refractivity contribution in [2.24, 2.45) is 0 Å². The summed E-state index contributed by atoms with van der Waals surface area (Å²) in [6.45, 7) is 5.09. The van der Waals surface area contributed by atoms with E-state index in [1.165, 1.54) is 4.88 Å². The number of aromatic nitrogens is 4. The number of rotatable bonds is 4. The van der Waals surface area contributed by atoms with E-state index in [1.54, 1.807) is 16.0 Å². The average molecular weight is 305 g/mol. The molecule has 1 aliphatic heterocycles. The average Bonchev–Trinajstić information content (AvgIpc) is 3.19. The quantitative estimate of drug-likeness (QED) is 0.869. The van der Waals surface area contributed by atoms with Crippen LogP contribution in [0.25, 0.3) is 0 Å². The molecule has 112 valence electrons. The maximum Gasteiger partial charge on any atom is 0.244 e. The number of nitrogens with zero attached hydrogens (tertiary/aromatic N) is 5. The highest BCUT2D eigenvalue weighted by Gasteiger charge is 2.31. The molecule has 1 aliphatic rings. The van der Waals surface area contributed by atoms with Gasteiger partial charge in [-0.3, -0.25) is 4.79 Å². The topological polar surface area (TPSA) is 63.9 Å². The number of hydrogen-bond donors (Lipinski definition) is 0. The van der Waals surface area contributed by atoms with Crippen molar-refractivity contribution in [1.82, 2.24) is 25.1 Å². The third-order valence-corrected chi connectivity index (χ3v) is 4.78. The minimum absolute atomic E-state index is 0.0973. The van der Waals surface area contributed by atoms with E-state index in [-0.39, 0.29) is 24.4 Å². The lowest BCUT2D eigenvalue weighted by atomic mass is 10.2. The van der Waals surface area contributed by atoms with E-state index in [4.69, 9.17) is 0 Å². The minimum Gasteiger partial charge on any atom is -0.333 e. The van der Waals surface area contributed by atoms with Gasteiger partial charge in [-0.15, -0.1) is 16.4 Å². The Balaban J connectivity index is 1.74. The van der Waals surface area contributed by atoms with Crippen molar-refractivity contribution in [1.29, 1.82) is 0 Å². The Morgan fingerprint density at radius 3 is 3.10 bits per heavy atom. The van der Waals surface area contributed by atoms with Crippen molar-refractivity contribution in [2.45, 2.75) is 45.2 Å². The summed E-state index contributed by atoms with van der Waals surface area (Å²) in [5.41, 5.74) is 0. The van der Waals surface area contributed by atoms with Crippen LogP contribution in [0.3, 0.4) is 0 Å². The molecule has 0 unspecified atom stereocenters. The molecule has 0 spiro atoms. The Labute approximate surface area is 127 Å². The van der Waals surface area contributed by atoms with Crippen molar-refractivity contribution in [3.05, 3.63) is 28.2 Å². The highest BCUT2D eigenvalue weighted by molar-refractivity contribution is 7.10. The van der Waals surface area contributed by atoms with E-state index in [0.29, 0.717) is 0 Å². The summed E-state index contributed by atoms with van der Waals surface area (Å²) < 4.78 is 1.62. The fourth-order valence-electron chi connectivity index (χ4n) is 2.80. The highest BCUT2D eigenvalue weighted by Crippen LogP contribution is 2.34. The number of amides is 1. The minimum atomic E-state index is 0.0973. The van der Waals surface area contributed by atoms with E-state index < -0.39 is 0 Å². The van der Waals surface area contributed by atoms with Gasteiger partial charge in [0.2, 0.25) is 5.91 Å². The highest BCUT2D eigenvalue weighted by atomic mass is 32.1. The number of tetrazole rings is 1. The molecule has 0 aromatic carbocycles. The molecule has 0 saturated carbocycles. The molecule has 21 heavy (non-hydrogen) atoms. The van der Waals surface area contributed by atoms with Gasteiger partial charge in [-0.25, -0.2) is 4.68 Å². The molecule has 1 amide bonds. The second-order valence-electron chi connectivity index (χ2n) is 5.61. The summed E-state index contributed by atoms with van der Waals surface area (Å²) in [5.74, 6) is 1.06. The summed E-state index contributed by atoms with van der Waals surface area (Å²) >= 11 is 1.72. The van der Waals surface area contributed by atoms with E-state index in [0.717, 1.165) is 25.2 Å². The lowest BCUT2D eigenvalue weighted by Crippen LogP contribution is -2.34. The van der Waals surface area contributed by atoms with Crippen molar-refractivity contribution in [3.8, 4) is 0 Å². The molecule has 0 aliphatic carbocycles. The molecule has 1 saturated heterocycles. The van der Waals surface area contributed by atoms with Crippen LogP contribution in [-0.2, 0) is 11.3 Å². The Morgan fingerprint density at radius 2 is 2.38 bits per heavy atom. The van der Waals surface area contributed by atoms with Crippen LogP contribution in [0.15, 0.2) is 17.5 Å².